The number of nitrogens with zero attached hydrogens (tertiary/aromatic N) is 4. The second kappa shape index (κ2) is 9.02. The molecule has 0 unspecified atom stereocenters. The van der Waals surface area contributed by atoms with Crippen molar-refractivity contribution >= 4 is 28.4 Å². The number of anilines is 1. The number of nitrogens with one attached hydrogen (secondary N) is 1. The Hall–Kier alpha value is -4.93. The Bertz CT molecular complexity index is 1650. The van der Waals surface area contributed by atoms with E-state index < -0.39 is 46.2 Å². The summed E-state index contributed by atoms with van der Waals surface area (Å²) in [6.07, 6.45) is 6.21. The van der Waals surface area contributed by atoms with Crippen molar-refractivity contribution in [2.24, 2.45) is 0 Å². The molecule has 11 heteroatoms. The van der Waals surface area contributed by atoms with Crippen LogP contribution in [0, 0.1) is 23.3 Å². The number of aromatic nitrogens is 4. The number of hydrogen-bond acceptors (Lipinski definition) is 5. The van der Waals surface area contributed by atoms with Gasteiger partial charge in [-0.15, -0.1) is 0 Å². The lowest BCUT2D eigenvalue weighted by molar-refractivity contribution is 0.101. The molecule has 0 spiro atoms. The average molecular weight is 491 g/mol. The highest BCUT2D eigenvalue weighted by Gasteiger charge is 2.24. The minimum Gasteiger partial charge on any atom is -0.319 e. The lowest BCUT2D eigenvalue weighted by Crippen LogP contribution is -2.16. The van der Waals surface area contributed by atoms with E-state index in [0.29, 0.717) is 22.9 Å². The van der Waals surface area contributed by atoms with Gasteiger partial charge < -0.3 is 5.32 Å². The number of halogens is 4. The van der Waals surface area contributed by atoms with Crippen LogP contribution < -0.4 is 5.32 Å². The maximum atomic E-state index is 15.2. The molecular weight excluding hydrogens is 478 g/mol. The summed E-state index contributed by atoms with van der Waals surface area (Å²) in [7, 11) is 0. The number of carbonyl (C=O) groups is 2. The Morgan fingerprint density at radius 1 is 0.833 bits per heavy atom. The smallest absolute Gasteiger partial charge is 0.255 e. The highest BCUT2D eigenvalue weighted by atomic mass is 19.2. The van der Waals surface area contributed by atoms with Gasteiger partial charge in [0.1, 0.15) is 12.1 Å². The van der Waals surface area contributed by atoms with E-state index in [1.54, 1.807) is 17.0 Å². The predicted octanol–water partition coefficient (Wildman–Crippen LogP) is 4.86. The zero-order chi connectivity index (χ0) is 25.4. The largest absolute Gasteiger partial charge is 0.319 e. The molecule has 0 aliphatic carbocycles. The van der Waals surface area contributed by atoms with Gasteiger partial charge in [-0.25, -0.2) is 27.5 Å². The molecule has 0 radical (unpaired) electrons. The summed E-state index contributed by atoms with van der Waals surface area (Å²) >= 11 is 0. The van der Waals surface area contributed by atoms with Crippen LogP contribution >= 0.6 is 0 Å². The van der Waals surface area contributed by atoms with Crippen LogP contribution in [-0.2, 0) is 0 Å². The number of rotatable bonds is 5. The first-order valence-electron chi connectivity index (χ1n) is 10.4. The predicted molar refractivity (Wildman–Crippen MR) is 121 cm³/mol. The summed E-state index contributed by atoms with van der Waals surface area (Å²) < 4.78 is 58.0. The minimum atomic E-state index is -1.32. The average Bonchev–Trinajstić information content (AvgIpc) is 3.42. The molecule has 7 nitrogen and oxygen atoms in total. The first-order valence-corrected chi connectivity index (χ1v) is 10.4. The van der Waals surface area contributed by atoms with Gasteiger partial charge >= 0.3 is 0 Å². The van der Waals surface area contributed by atoms with Crippen molar-refractivity contribution in [3.05, 3.63) is 113 Å². The third-order valence-corrected chi connectivity index (χ3v) is 5.31. The number of benzene rings is 3. The molecular formula is C25H13F4N5O2. The van der Waals surface area contributed by atoms with Crippen molar-refractivity contribution < 1.29 is 27.2 Å². The molecule has 0 aliphatic heterocycles. The van der Waals surface area contributed by atoms with Crippen molar-refractivity contribution in [3.63, 3.8) is 0 Å². The summed E-state index contributed by atoms with van der Waals surface area (Å²) in [5.74, 6) is -6.46. The standard InChI is InChI=1S/C25H13F4N5O2/c26-15-3-1-14(9-17(15)28)25(36)33-19-6-4-16(27)22(23(19)29)24(35)13-2-5-18-20(10-13)32-21(11-31-18)34-8-7-30-12-34/h1-12H,(H,33,36). The number of hydrogen-bond donors (Lipinski definition) is 1. The Kier molecular flexibility index (Phi) is 5.72. The Morgan fingerprint density at radius 2 is 1.61 bits per heavy atom. The third kappa shape index (κ3) is 4.17. The highest BCUT2D eigenvalue weighted by Crippen LogP contribution is 2.26. The zero-order valence-corrected chi connectivity index (χ0v) is 18.0. The molecule has 0 saturated carbocycles. The van der Waals surface area contributed by atoms with Crippen molar-refractivity contribution in [1.29, 1.82) is 0 Å². The van der Waals surface area contributed by atoms with Gasteiger partial charge in [-0.3, -0.25) is 19.1 Å². The molecule has 1 amide bonds. The fourth-order valence-corrected chi connectivity index (χ4v) is 3.50. The van der Waals surface area contributed by atoms with E-state index in [0.717, 1.165) is 24.3 Å². The molecule has 3 aromatic carbocycles. The normalized spacial score (nSPS) is 11.0. The number of amides is 1. The first-order chi connectivity index (χ1) is 17.3. The van der Waals surface area contributed by atoms with E-state index in [1.165, 1.54) is 30.7 Å². The zero-order valence-electron chi connectivity index (χ0n) is 18.0. The lowest BCUT2D eigenvalue weighted by atomic mass is 10.0. The summed E-state index contributed by atoms with van der Waals surface area (Å²) in [4.78, 5) is 38.1. The molecule has 5 rings (SSSR count). The Labute approximate surface area is 200 Å². The van der Waals surface area contributed by atoms with E-state index in [9.17, 15) is 22.8 Å². The van der Waals surface area contributed by atoms with Gasteiger partial charge in [-0.1, -0.05) is 0 Å². The maximum Gasteiger partial charge on any atom is 0.255 e. The SMILES string of the molecule is O=C(Nc1ccc(F)c(C(=O)c2ccc3ncc(-n4ccnc4)nc3c2)c1F)c1ccc(F)c(F)c1. The minimum absolute atomic E-state index is 0.0681. The first kappa shape index (κ1) is 22.8. The second-order valence-corrected chi connectivity index (χ2v) is 7.60. The summed E-state index contributed by atoms with van der Waals surface area (Å²) in [6.45, 7) is 0. The van der Waals surface area contributed by atoms with Crippen molar-refractivity contribution in [2.75, 3.05) is 5.32 Å². The topological polar surface area (TPSA) is 89.8 Å². The molecule has 36 heavy (non-hydrogen) atoms. The van der Waals surface area contributed by atoms with Crippen LogP contribution in [0.25, 0.3) is 16.9 Å². The van der Waals surface area contributed by atoms with E-state index in [4.69, 9.17) is 0 Å². The molecule has 0 bridgehead atoms. The summed E-state index contributed by atoms with van der Waals surface area (Å²) in [5.41, 5.74) is -1.04. The van der Waals surface area contributed by atoms with Crippen molar-refractivity contribution in [3.8, 4) is 5.82 Å². The van der Waals surface area contributed by atoms with Crippen LogP contribution in [0.15, 0.2) is 73.4 Å². The van der Waals surface area contributed by atoms with Crippen molar-refractivity contribution in [2.45, 2.75) is 0 Å². The van der Waals surface area contributed by atoms with Crippen LogP contribution in [-0.4, -0.2) is 31.2 Å². The van der Waals surface area contributed by atoms with Crippen molar-refractivity contribution in [1.82, 2.24) is 19.5 Å². The van der Waals surface area contributed by atoms with Gasteiger partial charge in [0.15, 0.2) is 29.1 Å². The van der Waals surface area contributed by atoms with Gasteiger partial charge in [-0.05, 0) is 48.5 Å². The molecule has 1 N–H and O–H groups in total. The van der Waals surface area contributed by atoms with Gasteiger partial charge in [-0.2, -0.15) is 0 Å². The van der Waals surface area contributed by atoms with Gasteiger partial charge in [0, 0.05) is 23.5 Å². The molecule has 5 aromatic rings. The monoisotopic (exact) mass is 491 g/mol. The summed E-state index contributed by atoms with van der Waals surface area (Å²) in [6, 6.07) is 8.27. The van der Waals surface area contributed by atoms with Gasteiger partial charge in [0.2, 0.25) is 0 Å². The molecule has 178 valence electrons. The lowest BCUT2D eigenvalue weighted by Gasteiger charge is -2.11. The molecule has 0 saturated heterocycles. The summed E-state index contributed by atoms with van der Waals surface area (Å²) in [5, 5.41) is 2.15. The van der Waals surface area contributed by atoms with Crippen LogP contribution in [0.5, 0.6) is 0 Å². The van der Waals surface area contributed by atoms with E-state index in [-0.39, 0.29) is 11.1 Å². The molecule has 2 heterocycles. The van der Waals surface area contributed by atoms with Crippen LogP contribution in [0.1, 0.15) is 26.3 Å². The quantitative estimate of drug-likeness (QED) is 0.280. The third-order valence-electron chi connectivity index (χ3n) is 5.31. The molecule has 0 atom stereocenters. The van der Waals surface area contributed by atoms with Gasteiger partial charge in [0.05, 0.1) is 28.5 Å². The van der Waals surface area contributed by atoms with Gasteiger partial charge in [0.25, 0.3) is 5.91 Å². The Morgan fingerprint density at radius 3 is 2.36 bits per heavy atom. The maximum absolute atomic E-state index is 15.2. The second-order valence-electron chi connectivity index (χ2n) is 7.60. The molecule has 0 aliphatic rings. The number of imidazole rings is 1. The fourth-order valence-electron chi connectivity index (χ4n) is 3.50. The highest BCUT2D eigenvalue weighted by molar-refractivity contribution is 6.12. The molecule has 0 fully saturated rings. The Balaban J connectivity index is 1.48. The number of carbonyl (C=O) groups excluding carboxylic acids is 2. The number of ketones is 1. The fraction of sp³-hybridized carbons (Fsp3) is 0. The van der Waals surface area contributed by atoms with Crippen LogP contribution in [0.4, 0.5) is 23.2 Å². The van der Waals surface area contributed by atoms with E-state index >= 15 is 4.39 Å². The van der Waals surface area contributed by atoms with Crippen LogP contribution in [0.3, 0.4) is 0 Å². The van der Waals surface area contributed by atoms with Crippen LogP contribution in [0.2, 0.25) is 0 Å². The molecule has 2 aromatic heterocycles. The van der Waals surface area contributed by atoms with E-state index in [2.05, 4.69) is 20.3 Å². The number of fused-ring (bicyclic) bond motifs is 1. The van der Waals surface area contributed by atoms with E-state index in [1.807, 2.05) is 0 Å².